The quantitative estimate of drug-likeness (QED) is 0.0439. The molecule has 306 valence electrons. The molecule has 1 aromatic rings. The fraction of sp³-hybridized carbons (Fsp3) is 0.581. The number of carboxylic acids is 1. The van der Waals surface area contributed by atoms with Gasteiger partial charge < -0.3 is 70.0 Å². The molecule has 0 saturated heterocycles. The van der Waals surface area contributed by atoms with Crippen molar-refractivity contribution >= 4 is 59.1 Å². The number of hydrogen-bond acceptors (Lipinski definition) is 13. The number of imidazole rings is 1. The Morgan fingerprint density at radius 2 is 1.24 bits per heavy atom. The van der Waals surface area contributed by atoms with Crippen LogP contribution in [0.1, 0.15) is 58.6 Å². The minimum Gasteiger partial charge on any atom is -0.480 e. The highest BCUT2D eigenvalue weighted by molar-refractivity contribution is 5.98. The van der Waals surface area contributed by atoms with Crippen LogP contribution in [0.25, 0.3) is 0 Å². The summed E-state index contributed by atoms with van der Waals surface area (Å²) in [7, 11) is 0. The maximum Gasteiger partial charge on any atom is 0.326 e. The lowest BCUT2D eigenvalue weighted by Crippen LogP contribution is -2.61. The molecule has 0 aliphatic carbocycles. The van der Waals surface area contributed by atoms with Crippen LogP contribution in [-0.4, -0.2) is 128 Å². The second-order valence-corrected chi connectivity index (χ2v) is 12.6. The molecule has 0 saturated carbocycles. The number of aromatic amines is 1. The van der Waals surface area contributed by atoms with Crippen LogP contribution < -0.4 is 54.8 Å². The van der Waals surface area contributed by atoms with E-state index in [0.29, 0.717) is 5.69 Å². The van der Waals surface area contributed by atoms with Crippen molar-refractivity contribution in [1.29, 1.82) is 0 Å². The smallest absolute Gasteiger partial charge is 0.326 e. The number of carbonyl (C=O) groups is 10. The van der Waals surface area contributed by atoms with E-state index in [1.54, 1.807) is 6.92 Å². The van der Waals surface area contributed by atoms with Gasteiger partial charge in [-0.3, -0.25) is 43.2 Å². The molecule has 9 amide bonds. The molecule has 24 nitrogen and oxygen atoms in total. The zero-order valence-electron chi connectivity index (χ0n) is 30.5. The van der Waals surface area contributed by atoms with E-state index in [2.05, 4.69) is 41.9 Å². The number of carboxylic acid groups (broad SMARTS) is 1. The lowest BCUT2D eigenvalue weighted by molar-refractivity contribution is -0.144. The molecule has 17 N–H and O–H groups in total. The molecule has 0 fully saturated rings. The molecule has 8 atom stereocenters. The number of aliphatic carboxylic acids is 1. The van der Waals surface area contributed by atoms with Gasteiger partial charge in [0.05, 0.1) is 37.5 Å². The Balaban J connectivity index is 3.14. The average Bonchev–Trinajstić information content (AvgIpc) is 3.62. The summed E-state index contributed by atoms with van der Waals surface area (Å²) in [5.41, 5.74) is 21.9. The van der Waals surface area contributed by atoms with Crippen LogP contribution in [0.3, 0.4) is 0 Å². The SMILES string of the molecule is CC[C@H](C)[C@H](NC(=O)[C@H](CC(N)=O)NC(=O)[C@H](CCC(N)=O)NC(=O)[C@H](CO)NC(=O)[C@H](C)NC(=O)[C@@H](N)Cc1c[nH]cn1)C(=O)N[C@@H](CC(N)=O)C(=O)O. The van der Waals surface area contributed by atoms with Gasteiger partial charge in [0.2, 0.25) is 53.2 Å². The minimum atomic E-state index is -1.80. The largest absolute Gasteiger partial charge is 0.480 e. The zero-order valence-corrected chi connectivity index (χ0v) is 30.5. The summed E-state index contributed by atoms with van der Waals surface area (Å²) >= 11 is 0. The highest BCUT2D eigenvalue weighted by Gasteiger charge is 2.35. The number of amides is 9. The topological polar surface area (TPSA) is 416 Å². The summed E-state index contributed by atoms with van der Waals surface area (Å²) in [6.45, 7) is 3.43. The Labute approximate surface area is 314 Å². The van der Waals surface area contributed by atoms with Gasteiger partial charge in [-0.2, -0.15) is 0 Å². The van der Waals surface area contributed by atoms with Gasteiger partial charge in [0, 0.05) is 19.0 Å². The molecule has 0 unspecified atom stereocenters. The Morgan fingerprint density at radius 1 is 0.709 bits per heavy atom. The minimum absolute atomic E-state index is 0.0431. The number of nitrogens with one attached hydrogen (secondary N) is 7. The van der Waals surface area contributed by atoms with Gasteiger partial charge in [-0.1, -0.05) is 20.3 Å². The number of nitrogens with zero attached hydrogens (tertiary/aromatic N) is 1. The van der Waals surface area contributed by atoms with Crippen LogP contribution in [0.15, 0.2) is 12.5 Å². The van der Waals surface area contributed by atoms with Crippen LogP contribution in [0.4, 0.5) is 0 Å². The van der Waals surface area contributed by atoms with E-state index < -0.39 is 140 Å². The number of aromatic nitrogens is 2. The third-order valence-electron chi connectivity index (χ3n) is 8.05. The first-order chi connectivity index (χ1) is 25.7. The molecule has 0 aliphatic rings. The van der Waals surface area contributed by atoms with Crippen molar-refractivity contribution in [3.05, 3.63) is 18.2 Å². The highest BCUT2D eigenvalue weighted by atomic mass is 16.4. The molecule has 0 aliphatic heterocycles. The Kier molecular flexibility index (Phi) is 19.4. The molecular weight excluding hydrogens is 732 g/mol. The van der Waals surface area contributed by atoms with Gasteiger partial charge in [-0.25, -0.2) is 9.78 Å². The van der Waals surface area contributed by atoms with E-state index in [4.69, 9.17) is 22.9 Å². The van der Waals surface area contributed by atoms with E-state index in [1.165, 1.54) is 26.4 Å². The van der Waals surface area contributed by atoms with Crippen LogP contribution in [-0.2, 0) is 54.4 Å². The molecule has 0 spiro atoms. The van der Waals surface area contributed by atoms with Crippen LogP contribution in [0, 0.1) is 5.92 Å². The summed E-state index contributed by atoms with van der Waals surface area (Å²) in [4.78, 5) is 131. The van der Waals surface area contributed by atoms with Gasteiger partial charge in [0.15, 0.2) is 0 Å². The predicted molar refractivity (Wildman–Crippen MR) is 188 cm³/mol. The highest BCUT2D eigenvalue weighted by Crippen LogP contribution is 2.11. The number of H-pyrrole nitrogens is 1. The molecule has 1 rings (SSSR count). The maximum absolute atomic E-state index is 13.4. The molecule has 24 heteroatoms. The number of rotatable bonds is 25. The summed E-state index contributed by atoms with van der Waals surface area (Å²) in [6, 6.07) is -10.7. The van der Waals surface area contributed by atoms with E-state index in [1.807, 2.05) is 0 Å². The third kappa shape index (κ3) is 16.6. The van der Waals surface area contributed by atoms with E-state index in [9.17, 15) is 58.2 Å². The Hall–Kier alpha value is -6.17. The molecule has 1 heterocycles. The molecular formula is C31H50N12O12. The van der Waals surface area contributed by atoms with Crippen molar-refractivity contribution < 1.29 is 58.2 Å². The van der Waals surface area contributed by atoms with Crippen LogP contribution in [0.2, 0.25) is 0 Å². The summed E-state index contributed by atoms with van der Waals surface area (Å²) < 4.78 is 0. The number of hydrogen-bond donors (Lipinski definition) is 13. The molecule has 55 heavy (non-hydrogen) atoms. The average molecular weight is 783 g/mol. The van der Waals surface area contributed by atoms with Crippen molar-refractivity contribution in [3.8, 4) is 0 Å². The Bertz CT molecular complexity index is 1560. The normalized spacial score (nSPS) is 15.2. The molecule has 0 bridgehead atoms. The predicted octanol–water partition coefficient (Wildman–Crippen LogP) is -6.65. The van der Waals surface area contributed by atoms with Gasteiger partial charge in [-0.15, -0.1) is 0 Å². The number of primary amides is 3. The maximum atomic E-state index is 13.4. The number of aliphatic hydroxyl groups excluding tert-OH is 1. The van der Waals surface area contributed by atoms with Crippen molar-refractivity contribution in [3.63, 3.8) is 0 Å². The van der Waals surface area contributed by atoms with Gasteiger partial charge in [-0.05, 0) is 19.3 Å². The first-order valence-electron chi connectivity index (χ1n) is 16.9. The summed E-state index contributed by atoms with van der Waals surface area (Å²) in [6.07, 6.45) is 0.645. The van der Waals surface area contributed by atoms with Crippen LogP contribution >= 0.6 is 0 Å². The number of aliphatic hydroxyl groups is 1. The lowest BCUT2D eigenvalue weighted by Gasteiger charge is -2.28. The second kappa shape index (κ2) is 22.8. The van der Waals surface area contributed by atoms with Crippen molar-refractivity contribution in [2.24, 2.45) is 28.9 Å². The molecule has 0 aromatic carbocycles. The van der Waals surface area contributed by atoms with Crippen LogP contribution in [0.5, 0.6) is 0 Å². The number of nitrogens with two attached hydrogens (primary N) is 4. The van der Waals surface area contributed by atoms with E-state index in [-0.39, 0.29) is 12.8 Å². The first-order valence-corrected chi connectivity index (χ1v) is 16.9. The Morgan fingerprint density at radius 3 is 1.75 bits per heavy atom. The van der Waals surface area contributed by atoms with Crippen molar-refractivity contribution in [1.82, 2.24) is 41.9 Å². The lowest BCUT2D eigenvalue weighted by atomic mass is 9.97. The monoisotopic (exact) mass is 782 g/mol. The van der Waals surface area contributed by atoms with E-state index in [0.717, 1.165) is 0 Å². The third-order valence-corrected chi connectivity index (χ3v) is 8.05. The summed E-state index contributed by atoms with van der Waals surface area (Å²) in [5.74, 6) is -11.4. The second-order valence-electron chi connectivity index (χ2n) is 12.6. The number of carbonyl (C=O) groups excluding carboxylic acids is 9. The molecule has 1 aromatic heterocycles. The van der Waals surface area contributed by atoms with Crippen molar-refractivity contribution in [2.75, 3.05) is 6.61 Å². The fourth-order valence-corrected chi connectivity index (χ4v) is 4.73. The van der Waals surface area contributed by atoms with E-state index >= 15 is 0 Å². The van der Waals surface area contributed by atoms with Gasteiger partial charge in [0.1, 0.15) is 36.3 Å². The standard InChI is InChI=1S/C31H50N12O12/c1-4-13(2)24(30(53)41-19(31(54)55)9-23(35)47)43-28(51)18(8-22(34)46)40-27(50)17(5-6-21(33)45)39-29(52)20(11-44)42-25(48)14(3)38-26(49)16(32)7-15-10-36-12-37-15/h10,12-14,16-20,24,44H,4-9,11,32H2,1-3H3,(H2,33,45)(H2,34,46)(H2,35,47)(H,36,37)(H,38,49)(H,39,52)(H,40,50)(H,41,53)(H,42,48)(H,43,51)(H,54,55)/t13-,14-,16-,17-,18-,19-,20-,24-/m0/s1. The van der Waals surface area contributed by atoms with Gasteiger partial charge in [0.25, 0.3) is 0 Å². The zero-order chi connectivity index (χ0) is 42.0. The van der Waals surface area contributed by atoms with Gasteiger partial charge >= 0.3 is 5.97 Å². The molecule has 0 radical (unpaired) electrons. The fourth-order valence-electron chi connectivity index (χ4n) is 4.73. The van der Waals surface area contributed by atoms with Crippen molar-refractivity contribution in [2.45, 2.75) is 102 Å². The first kappa shape index (κ1) is 46.9. The summed E-state index contributed by atoms with van der Waals surface area (Å²) in [5, 5.41) is 32.7.